The minimum atomic E-state index is -0.566. The highest BCUT2D eigenvalue weighted by Crippen LogP contribution is 2.36. The second-order valence-corrected chi connectivity index (χ2v) is 7.48. The zero-order valence-corrected chi connectivity index (χ0v) is 16.2. The lowest BCUT2D eigenvalue weighted by molar-refractivity contribution is -0.135. The van der Waals surface area contributed by atoms with Gasteiger partial charge in [0.15, 0.2) is 0 Å². The van der Waals surface area contributed by atoms with Crippen molar-refractivity contribution in [3.63, 3.8) is 0 Å². The zero-order valence-electron chi connectivity index (χ0n) is 16.2. The average Bonchev–Trinajstić information content (AvgIpc) is 2.73. The predicted molar refractivity (Wildman–Crippen MR) is 107 cm³/mol. The van der Waals surface area contributed by atoms with Crippen LogP contribution < -0.4 is 5.32 Å². The molecule has 27 heavy (non-hydrogen) atoms. The molecule has 3 rings (SSSR count). The Labute approximate surface area is 161 Å². The molecule has 2 aromatic carbocycles. The van der Waals surface area contributed by atoms with Crippen LogP contribution in [0.5, 0.6) is 0 Å². The van der Waals surface area contributed by atoms with Crippen LogP contribution in [0, 0.1) is 0 Å². The summed E-state index contributed by atoms with van der Waals surface area (Å²) in [5.41, 5.74) is 1.69. The van der Waals surface area contributed by atoms with E-state index in [4.69, 9.17) is 0 Å². The minimum absolute atomic E-state index is 0.0692. The first-order chi connectivity index (χ1) is 13.0. The molecule has 142 valence electrons. The first-order valence-corrected chi connectivity index (χ1v) is 9.67. The largest absolute Gasteiger partial charge is 0.355 e. The third-order valence-electron chi connectivity index (χ3n) is 5.76. The summed E-state index contributed by atoms with van der Waals surface area (Å²) >= 11 is 0. The number of piperidine rings is 1. The molecule has 2 aromatic rings. The molecule has 1 saturated heterocycles. The molecule has 4 nitrogen and oxygen atoms in total. The van der Waals surface area contributed by atoms with Crippen molar-refractivity contribution >= 4 is 11.8 Å². The summed E-state index contributed by atoms with van der Waals surface area (Å²) in [7, 11) is 0. The summed E-state index contributed by atoms with van der Waals surface area (Å²) in [6, 6.07) is 20.2. The van der Waals surface area contributed by atoms with Crippen LogP contribution in [0.3, 0.4) is 0 Å². The van der Waals surface area contributed by atoms with Crippen LogP contribution in [0.2, 0.25) is 0 Å². The molecule has 0 spiro atoms. The van der Waals surface area contributed by atoms with Gasteiger partial charge < -0.3 is 10.2 Å². The van der Waals surface area contributed by atoms with Crippen molar-refractivity contribution in [2.75, 3.05) is 19.6 Å². The van der Waals surface area contributed by atoms with Crippen molar-refractivity contribution in [1.29, 1.82) is 0 Å². The van der Waals surface area contributed by atoms with Gasteiger partial charge in [-0.15, -0.1) is 0 Å². The number of carbonyl (C=O) groups excluding carboxylic acids is 2. The molecule has 1 atom stereocenters. The molecule has 0 aromatic heterocycles. The Bertz CT molecular complexity index is 765. The molecule has 1 N–H and O–H groups in total. The Balaban J connectivity index is 1.75. The average molecular weight is 364 g/mol. The number of likely N-dealkylation sites (tertiary alicyclic amines) is 1. The van der Waals surface area contributed by atoms with E-state index in [2.05, 4.69) is 24.4 Å². The van der Waals surface area contributed by atoms with Gasteiger partial charge in [-0.2, -0.15) is 0 Å². The molecule has 0 radical (unpaired) electrons. The smallest absolute Gasteiger partial charge is 0.230 e. The van der Waals surface area contributed by atoms with E-state index in [9.17, 15) is 9.59 Å². The van der Waals surface area contributed by atoms with Crippen molar-refractivity contribution in [3.05, 3.63) is 71.8 Å². The minimum Gasteiger partial charge on any atom is -0.355 e. The Morgan fingerprint density at radius 3 is 2.11 bits per heavy atom. The van der Waals surface area contributed by atoms with Crippen molar-refractivity contribution in [1.82, 2.24) is 10.2 Å². The molecular weight excluding hydrogens is 336 g/mol. The lowest BCUT2D eigenvalue weighted by Crippen LogP contribution is -2.53. The molecule has 0 aliphatic carbocycles. The second kappa shape index (κ2) is 8.38. The molecule has 2 amide bonds. The molecule has 1 aliphatic heterocycles. The molecule has 1 aliphatic rings. The van der Waals surface area contributed by atoms with E-state index >= 15 is 0 Å². The normalized spacial score (nSPS) is 17.2. The van der Waals surface area contributed by atoms with E-state index in [0.29, 0.717) is 32.5 Å². The van der Waals surface area contributed by atoms with Crippen LogP contribution in [-0.4, -0.2) is 36.3 Å². The number of nitrogens with zero attached hydrogens (tertiary/aromatic N) is 1. The summed E-state index contributed by atoms with van der Waals surface area (Å²) in [6.07, 6.45) is 1.31. The second-order valence-electron chi connectivity index (χ2n) is 7.48. The van der Waals surface area contributed by atoms with Gasteiger partial charge in [0.2, 0.25) is 11.8 Å². The number of carbonyl (C=O) groups is 2. The van der Waals surface area contributed by atoms with Gasteiger partial charge in [-0.25, -0.2) is 0 Å². The van der Waals surface area contributed by atoms with Gasteiger partial charge in [0, 0.05) is 26.6 Å². The van der Waals surface area contributed by atoms with Crippen molar-refractivity contribution in [2.24, 2.45) is 0 Å². The van der Waals surface area contributed by atoms with Crippen LogP contribution >= 0.6 is 0 Å². The van der Waals surface area contributed by atoms with Gasteiger partial charge in [0.05, 0.1) is 5.41 Å². The first kappa shape index (κ1) is 19.2. The van der Waals surface area contributed by atoms with E-state index in [-0.39, 0.29) is 17.7 Å². The number of hydrogen-bond acceptors (Lipinski definition) is 2. The number of amides is 2. The lowest BCUT2D eigenvalue weighted by atomic mass is 9.72. The Kier molecular flexibility index (Phi) is 5.94. The summed E-state index contributed by atoms with van der Waals surface area (Å²) < 4.78 is 0. The standard InChI is InChI=1S/C23H28N2O2/c1-18(20-9-5-3-6-10-20)17-24-22(27)23(21-11-7-4-8-12-21)13-15-25(16-14-23)19(2)26/h3-12,18H,13-17H2,1-2H3,(H,24,27). The predicted octanol–water partition coefficient (Wildman–Crippen LogP) is 3.49. The van der Waals surface area contributed by atoms with E-state index in [1.54, 1.807) is 6.92 Å². The van der Waals surface area contributed by atoms with Crippen molar-refractivity contribution < 1.29 is 9.59 Å². The SMILES string of the molecule is CC(=O)N1CCC(C(=O)NCC(C)c2ccccc2)(c2ccccc2)CC1. The number of rotatable bonds is 5. The summed E-state index contributed by atoms with van der Waals surface area (Å²) in [5, 5.41) is 3.19. The molecule has 1 unspecified atom stereocenters. The van der Waals surface area contributed by atoms with Gasteiger partial charge in [0.25, 0.3) is 0 Å². The van der Waals surface area contributed by atoms with Gasteiger partial charge in [0.1, 0.15) is 0 Å². The maximum Gasteiger partial charge on any atom is 0.230 e. The highest BCUT2D eigenvalue weighted by molar-refractivity contribution is 5.89. The molecule has 1 fully saturated rings. The van der Waals surface area contributed by atoms with Gasteiger partial charge in [-0.3, -0.25) is 9.59 Å². The maximum absolute atomic E-state index is 13.3. The van der Waals surface area contributed by atoms with E-state index in [0.717, 1.165) is 5.56 Å². The van der Waals surface area contributed by atoms with Crippen LogP contribution in [0.25, 0.3) is 0 Å². The number of nitrogens with one attached hydrogen (secondary N) is 1. The quantitative estimate of drug-likeness (QED) is 0.883. The van der Waals surface area contributed by atoms with E-state index in [1.807, 2.05) is 53.4 Å². The van der Waals surface area contributed by atoms with Crippen LogP contribution in [0.1, 0.15) is 43.7 Å². The molecule has 4 heteroatoms. The topological polar surface area (TPSA) is 49.4 Å². The summed E-state index contributed by atoms with van der Waals surface area (Å²) in [5.74, 6) is 0.398. The fraction of sp³-hybridized carbons (Fsp3) is 0.391. The first-order valence-electron chi connectivity index (χ1n) is 9.67. The Morgan fingerprint density at radius 2 is 1.56 bits per heavy atom. The monoisotopic (exact) mass is 364 g/mol. The highest BCUT2D eigenvalue weighted by Gasteiger charge is 2.43. The van der Waals surface area contributed by atoms with E-state index < -0.39 is 5.41 Å². The third-order valence-corrected chi connectivity index (χ3v) is 5.76. The van der Waals surface area contributed by atoms with E-state index in [1.165, 1.54) is 5.56 Å². The molecule has 1 heterocycles. The molecule has 0 bridgehead atoms. The van der Waals surface area contributed by atoms with Crippen molar-refractivity contribution in [2.45, 2.75) is 38.0 Å². The van der Waals surface area contributed by atoms with Gasteiger partial charge in [-0.1, -0.05) is 67.6 Å². The lowest BCUT2D eigenvalue weighted by Gasteiger charge is -2.41. The van der Waals surface area contributed by atoms with Crippen LogP contribution in [-0.2, 0) is 15.0 Å². The third kappa shape index (κ3) is 4.21. The summed E-state index contributed by atoms with van der Waals surface area (Å²) in [4.78, 5) is 26.9. The fourth-order valence-electron chi connectivity index (χ4n) is 3.92. The van der Waals surface area contributed by atoms with Crippen LogP contribution in [0.4, 0.5) is 0 Å². The molecular formula is C23H28N2O2. The highest BCUT2D eigenvalue weighted by atomic mass is 16.2. The number of hydrogen-bond donors (Lipinski definition) is 1. The number of benzene rings is 2. The molecule has 0 saturated carbocycles. The zero-order chi connectivity index (χ0) is 19.3. The van der Waals surface area contributed by atoms with Crippen molar-refractivity contribution in [3.8, 4) is 0 Å². The van der Waals surface area contributed by atoms with Gasteiger partial charge in [-0.05, 0) is 29.9 Å². The Hall–Kier alpha value is -2.62. The van der Waals surface area contributed by atoms with Gasteiger partial charge >= 0.3 is 0 Å². The fourth-order valence-corrected chi connectivity index (χ4v) is 3.92. The van der Waals surface area contributed by atoms with Crippen LogP contribution in [0.15, 0.2) is 60.7 Å². The Morgan fingerprint density at radius 1 is 1.00 bits per heavy atom. The maximum atomic E-state index is 13.3. The summed E-state index contributed by atoms with van der Waals surface area (Å²) in [6.45, 7) is 5.56.